The fraction of sp³-hybridized carbons (Fsp3) is 0.385. The Balaban J connectivity index is 3.10. The van der Waals surface area contributed by atoms with Gasteiger partial charge in [-0.15, -0.1) is 0 Å². The molecule has 0 aromatic heterocycles. The molecule has 0 saturated heterocycles. The highest BCUT2D eigenvalue weighted by Crippen LogP contribution is 2.26. The Morgan fingerprint density at radius 2 is 2.12 bits per heavy atom. The average molecular weight is 229 g/mol. The van der Waals surface area contributed by atoms with E-state index in [4.69, 9.17) is 10.5 Å². The fourth-order valence-electron chi connectivity index (χ4n) is 1.64. The van der Waals surface area contributed by atoms with Gasteiger partial charge in [-0.2, -0.15) is 10.5 Å². The van der Waals surface area contributed by atoms with Crippen molar-refractivity contribution >= 4 is 5.69 Å². The van der Waals surface area contributed by atoms with Gasteiger partial charge in [-0.3, -0.25) is 0 Å². The van der Waals surface area contributed by atoms with Crippen molar-refractivity contribution in [3.05, 3.63) is 29.3 Å². The minimum Gasteiger partial charge on any atom is -0.389 e. The van der Waals surface area contributed by atoms with E-state index in [9.17, 15) is 5.11 Å². The van der Waals surface area contributed by atoms with Crippen molar-refractivity contribution in [2.75, 3.05) is 18.5 Å². The topological polar surface area (TPSA) is 71.0 Å². The van der Waals surface area contributed by atoms with Crippen LogP contribution in [0.1, 0.15) is 30.6 Å². The van der Waals surface area contributed by atoms with E-state index in [0.29, 0.717) is 18.5 Å². The molecule has 0 aliphatic heterocycles. The lowest BCUT2D eigenvalue weighted by molar-refractivity contribution is 0.199. The number of rotatable bonds is 4. The van der Waals surface area contributed by atoms with Gasteiger partial charge in [-0.25, -0.2) is 0 Å². The zero-order valence-corrected chi connectivity index (χ0v) is 10.0. The number of nitrogens with zero attached hydrogens (tertiary/aromatic N) is 3. The van der Waals surface area contributed by atoms with Gasteiger partial charge in [-0.1, -0.05) is 6.07 Å². The smallest absolute Gasteiger partial charge is 0.0992 e. The van der Waals surface area contributed by atoms with E-state index >= 15 is 0 Å². The van der Waals surface area contributed by atoms with Gasteiger partial charge in [-0.05, 0) is 19.1 Å². The molecular weight excluding hydrogens is 214 g/mol. The molecule has 0 bridgehead atoms. The number of hydrogen-bond donors (Lipinski definition) is 1. The van der Waals surface area contributed by atoms with E-state index in [2.05, 4.69) is 12.1 Å². The Kier molecular flexibility index (Phi) is 4.51. The summed E-state index contributed by atoms with van der Waals surface area (Å²) in [6.45, 7) is 2.26. The summed E-state index contributed by atoms with van der Waals surface area (Å²) in [6, 6.07) is 9.32. The van der Waals surface area contributed by atoms with Crippen LogP contribution < -0.4 is 4.90 Å². The third kappa shape index (κ3) is 3.21. The van der Waals surface area contributed by atoms with E-state index in [-0.39, 0.29) is 0 Å². The van der Waals surface area contributed by atoms with Gasteiger partial charge in [0.25, 0.3) is 0 Å². The summed E-state index contributed by atoms with van der Waals surface area (Å²) in [7, 11) is 1.85. The Morgan fingerprint density at radius 3 is 2.65 bits per heavy atom. The zero-order chi connectivity index (χ0) is 12.8. The number of aliphatic hydroxyl groups excluding tert-OH is 1. The zero-order valence-electron chi connectivity index (χ0n) is 10.0. The van der Waals surface area contributed by atoms with Crippen LogP contribution in [0.15, 0.2) is 18.2 Å². The highest BCUT2D eigenvalue weighted by molar-refractivity contribution is 5.58. The monoisotopic (exact) mass is 229 g/mol. The molecule has 0 radical (unpaired) electrons. The largest absolute Gasteiger partial charge is 0.389 e. The van der Waals surface area contributed by atoms with Crippen LogP contribution in [0.2, 0.25) is 0 Å². The quantitative estimate of drug-likeness (QED) is 0.856. The molecule has 88 valence electrons. The Hall–Kier alpha value is -2.04. The van der Waals surface area contributed by atoms with Gasteiger partial charge >= 0.3 is 0 Å². The molecule has 0 saturated carbocycles. The Labute approximate surface area is 101 Å². The van der Waals surface area contributed by atoms with E-state index in [1.54, 1.807) is 25.1 Å². The van der Waals surface area contributed by atoms with E-state index in [1.165, 1.54) is 0 Å². The van der Waals surface area contributed by atoms with Crippen molar-refractivity contribution in [3.8, 4) is 12.1 Å². The Bertz CT molecular complexity index is 469. The first kappa shape index (κ1) is 13.0. The predicted molar refractivity (Wildman–Crippen MR) is 65.3 cm³/mol. The summed E-state index contributed by atoms with van der Waals surface area (Å²) in [5.41, 5.74) is 2.12. The summed E-state index contributed by atoms with van der Waals surface area (Å²) in [5.74, 6) is 0. The second-order valence-electron chi connectivity index (χ2n) is 3.89. The standard InChI is InChI=1S/C13H15N3O/c1-10(17)12-5-4-11(9-15)8-13(12)16(2)7-3-6-14/h4-5,8,10,17H,3,7H2,1-2H3/t10-/m1/s1. The molecule has 1 N–H and O–H groups in total. The van der Waals surface area contributed by atoms with Crippen molar-refractivity contribution in [2.24, 2.45) is 0 Å². The second kappa shape index (κ2) is 5.89. The first-order valence-electron chi connectivity index (χ1n) is 5.40. The molecular formula is C13H15N3O. The first-order chi connectivity index (χ1) is 8.10. The number of benzene rings is 1. The van der Waals surface area contributed by atoms with Crippen LogP contribution in [0.25, 0.3) is 0 Å². The van der Waals surface area contributed by atoms with Gasteiger partial charge in [0.2, 0.25) is 0 Å². The number of anilines is 1. The minimum atomic E-state index is -0.595. The molecule has 0 aliphatic rings. The van der Waals surface area contributed by atoms with Crippen LogP contribution in [-0.4, -0.2) is 18.7 Å². The number of nitriles is 2. The molecule has 0 aliphatic carbocycles. The van der Waals surface area contributed by atoms with Crippen LogP contribution >= 0.6 is 0 Å². The maximum Gasteiger partial charge on any atom is 0.0992 e. The summed E-state index contributed by atoms with van der Waals surface area (Å²) < 4.78 is 0. The minimum absolute atomic E-state index is 0.409. The Morgan fingerprint density at radius 1 is 1.41 bits per heavy atom. The molecule has 4 nitrogen and oxygen atoms in total. The summed E-state index contributed by atoms with van der Waals surface area (Å²) in [4.78, 5) is 1.88. The fourth-order valence-corrected chi connectivity index (χ4v) is 1.64. The van der Waals surface area contributed by atoms with E-state index in [0.717, 1.165) is 11.3 Å². The summed E-state index contributed by atoms with van der Waals surface area (Å²) in [6.07, 6.45) is -0.186. The molecule has 1 atom stereocenters. The number of aliphatic hydroxyl groups is 1. The lowest BCUT2D eigenvalue weighted by Gasteiger charge is -2.22. The predicted octanol–water partition coefficient (Wildman–Crippen LogP) is 1.96. The summed E-state index contributed by atoms with van der Waals surface area (Å²) in [5, 5.41) is 27.1. The SMILES string of the molecule is C[C@@H](O)c1ccc(C#N)cc1N(C)CCC#N. The molecule has 0 amide bonds. The molecule has 1 aromatic carbocycles. The molecule has 0 unspecified atom stereocenters. The van der Waals surface area contributed by atoms with Crippen molar-refractivity contribution in [1.82, 2.24) is 0 Å². The van der Waals surface area contributed by atoms with Crippen LogP contribution in [-0.2, 0) is 0 Å². The van der Waals surface area contributed by atoms with Crippen molar-refractivity contribution in [1.29, 1.82) is 10.5 Å². The van der Waals surface area contributed by atoms with Crippen LogP contribution in [0, 0.1) is 22.7 Å². The normalized spacial score (nSPS) is 11.4. The highest BCUT2D eigenvalue weighted by Gasteiger charge is 2.12. The molecule has 1 aromatic rings. The van der Waals surface area contributed by atoms with Crippen molar-refractivity contribution in [2.45, 2.75) is 19.4 Å². The maximum atomic E-state index is 9.67. The van der Waals surface area contributed by atoms with Crippen LogP contribution in [0.3, 0.4) is 0 Å². The molecule has 17 heavy (non-hydrogen) atoms. The number of hydrogen-bond acceptors (Lipinski definition) is 4. The molecule has 0 spiro atoms. The van der Waals surface area contributed by atoms with Crippen molar-refractivity contribution in [3.63, 3.8) is 0 Å². The third-order valence-corrected chi connectivity index (χ3v) is 2.58. The lowest BCUT2D eigenvalue weighted by atomic mass is 10.0. The van der Waals surface area contributed by atoms with Gasteiger partial charge < -0.3 is 10.0 Å². The van der Waals surface area contributed by atoms with Crippen molar-refractivity contribution < 1.29 is 5.11 Å². The van der Waals surface area contributed by atoms with Gasteiger partial charge in [0, 0.05) is 24.8 Å². The van der Waals surface area contributed by atoms with E-state index < -0.39 is 6.10 Å². The maximum absolute atomic E-state index is 9.67. The summed E-state index contributed by atoms with van der Waals surface area (Å²) >= 11 is 0. The molecule has 0 heterocycles. The van der Waals surface area contributed by atoms with Gasteiger partial charge in [0.15, 0.2) is 0 Å². The molecule has 4 heteroatoms. The van der Waals surface area contributed by atoms with Crippen LogP contribution in [0.5, 0.6) is 0 Å². The van der Waals surface area contributed by atoms with Gasteiger partial charge in [0.1, 0.15) is 0 Å². The van der Waals surface area contributed by atoms with E-state index in [1.807, 2.05) is 11.9 Å². The lowest BCUT2D eigenvalue weighted by Crippen LogP contribution is -2.20. The van der Waals surface area contributed by atoms with Gasteiger partial charge in [0.05, 0.1) is 30.2 Å². The third-order valence-electron chi connectivity index (χ3n) is 2.58. The van der Waals surface area contributed by atoms with Crippen LogP contribution in [0.4, 0.5) is 5.69 Å². The second-order valence-corrected chi connectivity index (χ2v) is 3.89. The first-order valence-corrected chi connectivity index (χ1v) is 5.40. The molecule has 0 fully saturated rings. The average Bonchev–Trinajstić information content (AvgIpc) is 2.34. The molecule has 1 rings (SSSR count). The highest BCUT2D eigenvalue weighted by atomic mass is 16.3.